The molecule has 0 aliphatic heterocycles. The fourth-order valence-corrected chi connectivity index (χ4v) is 2.73. The van der Waals surface area contributed by atoms with Crippen molar-refractivity contribution in [3.63, 3.8) is 0 Å². The van der Waals surface area contributed by atoms with Crippen LogP contribution in [0, 0.1) is 5.92 Å². The number of methoxy groups -OCH3 is 1. The molecule has 0 radical (unpaired) electrons. The Kier molecular flexibility index (Phi) is 8.25. The van der Waals surface area contributed by atoms with E-state index in [0.29, 0.717) is 11.1 Å². The molecule has 0 saturated carbocycles. The van der Waals surface area contributed by atoms with Crippen LogP contribution in [0.4, 0.5) is 0 Å². The lowest BCUT2D eigenvalue weighted by Crippen LogP contribution is -2.31. The normalized spacial score (nSPS) is 12.2. The van der Waals surface area contributed by atoms with Crippen LogP contribution in [-0.2, 0) is 21.0 Å². The van der Waals surface area contributed by atoms with E-state index in [1.54, 1.807) is 0 Å². The number of ether oxygens (including phenoxy) is 1. The zero-order chi connectivity index (χ0) is 23.0. The SMILES string of the molecule is COc1cc(C=CC(=O)C(C(=O)C=Cc2ccc(O)c(CO)c2)C(=O)CO)ccc1O. The summed E-state index contributed by atoms with van der Waals surface area (Å²) in [4.78, 5) is 37.1. The summed E-state index contributed by atoms with van der Waals surface area (Å²) < 4.78 is 4.98. The van der Waals surface area contributed by atoms with Crippen molar-refractivity contribution >= 4 is 29.5 Å². The van der Waals surface area contributed by atoms with Crippen LogP contribution >= 0.6 is 0 Å². The number of carbonyl (C=O) groups excluding carboxylic acids is 3. The van der Waals surface area contributed by atoms with Crippen LogP contribution in [0.1, 0.15) is 16.7 Å². The molecule has 162 valence electrons. The molecule has 0 saturated heterocycles. The van der Waals surface area contributed by atoms with Gasteiger partial charge in [-0.1, -0.05) is 24.3 Å². The zero-order valence-electron chi connectivity index (χ0n) is 16.7. The van der Waals surface area contributed by atoms with Gasteiger partial charge < -0.3 is 25.2 Å². The summed E-state index contributed by atoms with van der Waals surface area (Å²) in [6.45, 7) is -1.39. The summed E-state index contributed by atoms with van der Waals surface area (Å²) in [5.74, 6) is -4.31. The van der Waals surface area contributed by atoms with Gasteiger partial charge in [0.25, 0.3) is 0 Å². The van der Waals surface area contributed by atoms with Gasteiger partial charge in [-0.15, -0.1) is 0 Å². The molecule has 31 heavy (non-hydrogen) atoms. The summed E-state index contributed by atoms with van der Waals surface area (Å²) in [7, 11) is 1.37. The lowest BCUT2D eigenvalue weighted by Gasteiger charge is -2.08. The number of rotatable bonds is 10. The predicted molar refractivity (Wildman–Crippen MR) is 112 cm³/mol. The average molecular weight is 426 g/mol. The first-order valence-corrected chi connectivity index (χ1v) is 9.17. The highest BCUT2D eigenvalue weighted by Gasteiger charge is 2.29. The summed E-state index contributed by atoms with van der Waals surface area (Å²) in [5, 5.41) is 37.6. The van der Waals surface area contributed by atoms with Gasteiger partial charge in [0.1, 0.15) is 18.3 Å². The van der Waals surface area contributed by atoms with E-state index in [1.807, 2.05) is 0 Å². The van der Waals surface area contributed by atoms with Crippen LogP contribution in [0.2, 0.25) is 0 Å². The minimum Gasteiger partial charge on any atom is -0.508 e. The Bertz CT molecular complexity index is 960. The van der Waals surface area contributed by atoms with E-state index < -0.39 is 36.5 Å². The average Bonchev–Trinajstić information content (AvgIpc) is 2.77. The molecular weight excluding hydrogens is 404 g/mol. The molecule has 8 heteroatoms. The molecule has 8 nitrogen and oxygen atoms in total. The van der Waals surface area contributed by atoms with E-state index in [2.05, 4.69) is 0 Å². The summed E-state index contributed by atoms with van der Waals surface area (Å²) in [6, 6.07) is 8.61. The van der Waals surface area contributed by atoms with E-state index in [-0.39, 0.29) is 22.8 Å². The molecule has 0 spiro atoms. The predicted octanol–water partition coefficient (Wildman–Crippen LogP) is 1.64. The highest BCUT2D eigenvalue weighted by molar-refractivity contribution is 6.26. The summed E-state index contributed by atoms with van der Waals surface area (Å²) in [6.07, 6.45) is 4.76. The van der Waals surface area contributed by atoms with Crippen LogP contribution in [0.3, 0.4) is 0 Å². The number of ketones is 3. The number of benzene rings is 2. The number of aliphatic hydroxyl groups is 2. The van der Waals surface area contributed by atoms with E-state index in [4.69, 9.17) is 9.84 Å². The van der Waals surface area contributed by atoms with Crippen molar-refractivity contribution in [2.24, 2.45) is 5.92 Å². The summed E-state index contributed by atoms with van der Waals surface area (Å²) >= 11 is 0. The van der Waals surface area contributed by atoms with Gasteiger partial charge in [-0.2, -0.15) is 0 Å². The third-order valence-corrected chi connectivity index (χ3v) is 4.40. The fourth-order valence-electron chi connectivity index (χ4n) is 2.73. The van der Waals surface area contributed by atoms with Crippen LogP contribution in [0.15, 0.2) is 48.6 Å². The molecule has 0 heterocycles. The van der Waals surface area contributed by atoms with Gasteiger partial charge in [-0.3, -0.25) is 14.4 Å². The Morgan fingerprint density at radius 3 is 1.97 bits per heavy atom. The monoisotopic (exact) mass is 426 g/mol. The van der Waals surface area contributed by atoms with Gasteiger partial charge >= 0.3 is 0 Å². The van der Waals surface area contributed by atoms with Crippen molar-refractivity contribution in [3.8, 4) is 17.2 Å². The first-order valence-electron chi connectivity index (χ1n) is 9.17. The van der Waals surface area contributed by atoms with E-state index in [1.165, 1.54) is 55.7 Å². The van der Waals surface area contributed by atoms with Crippen molar-refractivity contribution in [3.05, 3.63) is 65.2 Å². The first kappa shape index (κ1) is 23.5. The number of allylic oxidation sites excluding steroid dienone is 2. The Morgan fingerprint density at radius 2 is 1.45 bits per heavy atom. The second-order valence-corrected chi connectivity index (χ2v) is 6.51. The minimum absolute atomic E-state index is 0.0850. The molecule has 0 fully saturated rings. The second kappa shape index (κ2) is 10.9. The zero-order valence-corrected chi connectivity index (χ0v) is 16.7. The molecule has 0 aliphatic rings. The quantitative estimate of drug-likeness (QED) is 0.332. The Morgan fingerprint density at radius 1 is 0.903 bits per heavy atom. The van der Waals surface area contributed by atoms with Crippen LogP contribution in [0.25, 0.3) is 12.2 Å². The van der Waals surface area contributed by atoms with E-state index in [9.17, 15) is 29.7 Å². The number of aromatic hydroxyl groups is 2. The second-order valence-electron chi connectivity index (χ2n) is 6.51. The first-order chi connectivity index (χ1) is 14.8. The van der Waals surface area contributed by atoms with Crippen molar-refractivity contribution in [1.82, 2.24) is 0 Å². The molecule has 2 aromatic rings. The number of carbonyl (C=O) groups is 3. The largest absolute Gasteiger partial charge is 0.508 e. The maximum Gasteiger partial charge on any atom is 0.176 e. The number of phenolic OH excluding ortho intramolecular Hbond substituents is 1. The molecule has 1 atom stereocenters. The Labute approximate surface area is 178 Å². The smallest absolute Gasteiger partial charge is 0.176 e. The van der Waals surface area contributed by atoms with Gasteiger partial charge in [-0.25, -0.2) is 0 Å². The lowest BCUT2D eigenvalue weighted by atomic mass is 9.92. The maximum absolute atomic E-state index is 12.5. The highest BCUT2D eigenvalue weighted by atomic mass is 16.5. The van der Waals surface area contributed by atoms with Crippen LogP contribution < -0.4 is 4.74 Å². The maximum atomic E-state index is 12.5. The van der Waals surface area contributed by atoms with Crippen molar-refractivity contribution in [1.29, 1.82) is 0 Å². The molecule has 0 amide bonds. The number of hydrogen-bond acceptors (Lipinski definition) is 8. The van der Waals surface area contributed by atoms with Crippen LogP contribution in [0.5, 0.6) is 17.2 Å². The number of phenols is 2. The Hall–Kier alpha value is -3.75. The van der Waals surface area contributed by atoms with Crippen molar-refractivity contribution in [2.45, 2.75) is 6.61 Å². The standard InChI is InChI=1S/C23H22O8/c1-31-22-11-15(3-7-18(22)27)5-9-20(29)23(21(30)13-25)19(28)8-4-14-2-6-17(26)16(10-14)12-24/h2-11,23-27H,12-13H2,1H3. The number of hydrogen-bond donors (Lipinski definition) is 4. The molecule has 0 bridgehead atoms. The van der Waals surface area contributed by atoms with E-state index >= 15 is 0 Å². The topological polar surface area (TPSA) is 141 Å². The van der Waals surface area contributed by atoms with Crippen molar-refractivity contribution < 1.29 is 39.5 Å². The van der Waals surface area contributed by atoms with Gasteiger partial charge in [-0.05, 0) is 47.5 Å². The molecule has 2 rings (SSSR count). The Balaban J connectivity index is 2.23. The third-order valence-electron chi connectivity index (χ3n) is 4.40. The highest BCUT2D eigenvalue weighted by Crippen LogP contribution is 2.27. The van der Waals surface area contributed by atoms with Gasteiger partial charge in [0.05, 0.1) is 13.7 Å². The van der Waals surface area contributed by atoms with E-state index in [0.717, 1.165) is 12.2 Å². The van der Waals surface area contributed by atoms with Gasteiger partial charge in [0.2, 0.25) is 0 Å². The number of Topliss-reactive ketones (excluding diaryl/α,β-unsaturated/α-hetero) is 1. The van der Waals surface area contributed by atoms with Gasteiger partial charge in [0, 0.05) is 5.56 Å². The van der Waals surface area contributed by atoms with Gasteiger partial charge in [0.15, 0.2) is 28.8 Å². The molecule has 0 aromatic heterocycles. The fraction of sp³-hybridized carbons (Fsp3) is 0.174. The molecule has 0 aliphatic carbocycles. The molecule has 4 N–H and O–H groups in total. The van der Waals surface area contributed by atoms with Crippen molar-refractivity contribution in [2.75, 3.05) is 13.7 Å². The molecule has 2 aromatic carbocycles. The third kappa shape index (κ3) is 6.11. The minimum atomic E-state index is -1.72. The number of aliphatic hydroxyl groups excluding tert-OH is 2. The lowest BCUT2D eigenvalue weighted by molar-refractivity contribution is -0.137. The molecular formula is C23H22O8. The molecule has 1 unspecified atom stereocenters. The summed E-state index contributed by atoms with van der Waals surface area (Å²) in [5.41, 5.74) is 1.20. The van der Waals surface area contributed by atoms with Crippen LogP contribution in [-0.4, -0.2) is 51.5 Å².